The number of piperidine rings is 1. The molecule has 0 amide bonds. The van der Waals surface area contributed by atoms with Gasteiger partial charge in [-0.25, -0.2) is 8.42 Å². The fraction of sp³-hybridized carbons (Fsp3) is 0.500. The van der Waals surface area contributed by atoms with Crippen LogP contribution in [0.15, 0.2) is 12.1 Å². The van der Waals surface area contributed by atoms with Gasteiger partial charge in [0, 0.05) is 0 Å². The zero-order valence-corrected chi connectivity index (χ0v) is 13.7. The molecular weight excluding hydrogens is 343 g/mol. The standard InChI is InChI=1S/C12H15Cl3N2O2S/c13-9-5-11(15)12(6-10(9)14)17-20(18,19)7-8-1-3-16-4-2-8/h5-6,8,16-17H,1-4,7H2. The molecule has 1 fully saturated rings. The van der Waals surface area contributed by atoms with Gasteiger partial charge in [0.25, 0.3) is 0 Å². The molecule has 112 valence electrons. The van der Waals surface area contributed by atoms with Crippen molar-refractivity contribution in [3.63, 3.8) is 0 Å². The number of benzene rings is 1. The molecule has 4 nitrogen and oxygen atoms in total. The molecule has 1 aromatic rings. The van der Waals surface area contributed by atoms with Crippen molar-refractivity contribution in [2.45, 2.75) is 12.8 Å². The minimum absolute atomic E-state index is 0.0885. The van der Waals surface area contributed by atoms with E-state index in [2.05, 4.69) is 10.0 Å². The van der Waals surface area contributed by atoms with Crippen LogP contribution in [-0.4, -0.2) is 27.3 Å². The topological polar surface area (TPSA) is 58.2 Å². The average Bonchev–Trinajstić information content (AvgIpc) is 2.36. The van der Waals surface area contributed by atoms with Crippen LogP contribution in [-0.2, 0) is 10.0 Å². The predicted molar refractivity (Wildman–Crippen MR) is 84.5 cm³/mol. The molecular formula is C12H15Cl3N2O2S. The van der Waals surface area contributed by atoms with Crippen molar-refractivity contribution >= 4 is 50.5 Å². The van der Waals surface area contributed by atoms with E-state index in [9.17, 15) is 8.42 Å². The van der Waals surface area contributed by atoms with Gasteiger partial charge in [0.15, 0.2) is 0 Å². The van der Waals surface area contributed by atoms with E-state index in [4.69, 9.17) is 34.8 Å². The number of rotatable bonds is 4. The second kappa shape index (κ2) is 6.71. The summed E-state index contributed by atoms with van der Waals surface area (Å²) < 4.78 is 26.8. The van der Waals surface area contributed by atoms with Crippen molar-refractivity contribution in [1.29, 1.82) is 0 Å². The molecule has 0 bridgehead atoms. The van der Waals surface area contributed by atoms with Crippen LogP contribution in [0.1, 0.15) is 12.8 Å². The molecule has 0 aliphatic carbocycles. The summed E-state index contributed by atoms with van der Waals surface area (Å²) in [7, 11) is -3.45. The van der Waals surface area contributed by atoms with Crippen molar-refractivity contribution in [3.05, 3.63) is 27.2 Å². The average molecular weight is 358 g/mol. The molecule has 0 radical (unpaired) electrons. The van der Waals surface area contributed by atoms with Crippen molar-refractivity contribution in [2.24, 2.45) is 5.92 Å². The van der Waals surface area contributed by atoms with Gasteiger partial charge in [-0.1, -0.05) is 34.8 Å². The van der Waals surface area contributed by atoms with E-state index in [1.165, 1.54) is 12.1 Å². The van der Waals surface area contributed by atoms with Crippen molar-refractivity contribution in [3.8, 4) is 0 Å². The summed E-state index contributed by atoms with van der Waals surface area (Å²) in [6.07, 6.45) is 1.71. The Morgan fingerprint density at radius 2 is 1.70 bits per heavy atom. The monoisotopic (exact) mass is 356 g/mol. The molecule has 1 heterocycles. The summed E-state index contributed by atoms with van der Waals surface area (Å²) >= 11 is 17.7. The van der Waals surface area contributed by atoms with E-state index in [-0.39, 0.29) is 32.4 Å². The maximum absolute atomic E-state index is 12.2. The highest BCUT2D eigenvalue weighted by Crippen LogP contribution is 2.33. The number of hydrogen-bond donors (Lipinski definition) is 2. The summed E-state index contributed by atoms with van der Waals surface area (Å²) in [4.78, 5) is 0. The third-order valence-electron chi connectivity index (χ3n) is 3.19. The molecule has 1 aliphatic rings. The summed E-state index contributed by atoms with van der Waals surface area (Å²) in [6.45, 7) is 1.71. The molecule has 2 rings (SSSR count). The molecule has 0 unspecified atom stereocenters. The van der Waals surface area contributed by atoms with Crippen molar-refractivity contribution < 1.29 is 8.42 Å². The van der Waals surface area contributed by atoms with E-state index in [0.29, 0.717) is 0 Å². The summed E-state index contributed by atoms with van der Waals surface area (Å²) in [5.74, 6) is 0.251. The first kappa shape index (κ1) is 16.2. The van der Waals surface area contributed by atoms with E-state index < -0.39 is 10.0 Å². The molecule has 1 aliphatic heterocycles. The van der Waals surface area contributed by atoms with Gasteiger partial charge in [-0.05, 0) is 44.0 Å². The molecule has 0 spiro atoms. The lowest BCUT2D eigenvalue weighted by atomic mass is 10.0. The SMILES string of the molecule is O=S(=O)(CC1CCNCC1)Nc1cc(Cl)c(Cl)cc1Cl. The van der Waals surface area contributed by atoms with Crippen LogP contribution >= 0.6 is 34.8 Å². The van der Waals surface area contributed by atoms with Crippen LogP contribution < -0.4 is 10.0 Å². The summed E-state index contributed by atoms with van der Waals surface area (Å²) in [5, 5.41) is 3.98. The molecule has 0 aromatic heterocycles. The van der Waals surface area contributed by atoms with E-state index in [0.717, 1.165) is 25.9 Å². The maximum Gasteiger partial charge on any atom is 0.233 e. The van der Waals surface area contributed by atoms with Crippen LogP contribution in [0.5, 0.6) is 0 Å². The number of halogens is 3. The van der Waals surface area contributed by atoms with E-state index in [1.807, 2.05) is 0 Å². The first-order valence-electron chi connectivity index (χ1n) is 6.23. The van der Waals surface area contributed by atoms with Gasteiger partial charge in [0.2, 0.25) is 10.0 Å². The first-order chi connectivity index (χ1) is 9.37. The van der Waals surface area contributed by atoms with Crippen LogP contribution in [0, 0.1) is 5.92 Å². The van der Waals surface area contributed by atoms with Gasteiger partial charge in [0.1, 0.15) is 0 Å². The van der Waals surface area contributed by atoms with Crippen LogP contribution in [0.2, 0.25) is 15.1 Å². The molecule has 0 atom stereocenters. The Hall–Kier alpha value is -0.200. The van der Waals surface area contributed by atoms with Gasteiger partial charge in [-0.15, -0.1) is 0 Å². The number of anilines is 1. The van der Waals surface area contributed by atoms with Crippen LogP contribution in [0.4, 0.5) is 5.69 Å². The van der Waals surface area contributed by atoms with Gasteiger partial charge in [0.05, 0.1) is 26.5 Å². The Morgan fingerprint density at radius 3 is 2.35 bits per heavy atom. The fourth-order valence-corrected chi connectivity index (χ4v) is 4.36. The smallest absolute Gasteiger partial charge is 0.233 e. The zero-order chi connectivity index (χ0) is 14.8. The third-order valence-corrected chi connectivity index (χ3v) is 5.67. The highest BCUT2D eigenvalue weighted by molar-refractivity contribution is 7.92. The molecule has 1 saturated heterocycles. The zero-order valence-electron chi connectivity index (χ0n) is 10.6. The molecule has 0 saturated carbocycles. The van der Waals surface area contributed by atoms with Crippen molar-refractivity contribution in [2.75, 3.05) is 23.6 Å². The van der Waals surface area contributed by atoms with Crippen LogP contribution in [0.25, 0.3) is 0 Å². The van der Waals surface area contributed by atoms with Gasteiger partial charge < -0.3 is 5.32 Å². The summed E-state index contributed by atoms with van der Waals surface area (Å²) in [5.41, 5.74) is 0.259. The molecule has 8 heteroatoms. The number of sulfonamides is 1. The van der Waals surface area contributed by atoms with E-state index >= 15 is 0 Å². The van der Waals surface area contributed by atoms with Gasteiger partial charge in [-0.2, -0.15) is 0 Å². The minimum Gasteiger partial charge on any atom is -0.317 e. The molecule has 2 N–H and O–H groups in total. The highest BCUT2D eigenvalue weighted by Gasteiger charge is 2.22. The molecule has 20 heavy (non-hydrogen) atoms. The molecule has 1 aromatic carbocycles. The lowest BCUT2D eigenvalue weighted by Gasteiger charge is -2.22. The Labute approximate surface area is 133 Å². The maximum atomic E-state index is 12.2. The quantitative estimate of drug-likeness (QED) is 0.812. The fourth-order valence-electron chi connectivity index (χ4n) is 2.17. The van der Waals surface area contributed by atoms with E-state index in [1.54, 1.807) is 0 Å². The van der Waals surface area contributed by atoms with Gasteiger partial charge >= 0.3 is 0 Å². The minimum atomic E-state index is -3.45. The second-order valence-corrected chi connectivity index (χ2v) is 7.81. The summed E-state index contributed by atoms with van der Waals surface area (Å²) in [6, 6.07) is 2.85. The number of nitrogens with one attached hydrogen (secondary N) is 2. The number of hydrogen-bond acceptors (Lipinski definition) is 3. The highest BCUT2D eigenvalue weighted by atomic mass is 35.5. The lowest BCUT2D eigenvalue weighted by molar-refractivity contribution is 0.402. The lowest BCUT2D eigenvalue weighted by Crippen LogP contribution is -2.33. The Bertz CT molecular complexity index is 587. The predicted octanol–water partition coefficient (Wildman–Crippen LogP) is 3.39. The van der Waals surface area contributed by atoms with Gasteiger partial charge in [-0.3, -0.25) is 4.72 Å². The largest absolute Gasteiger partial charge is 0.317 e. The first-order valence-corrected chi connectivity index (χ1v) is 9.02. The van der Waals surface area contributed by atoms with Crippen LogP contribution in [0.3, 0.4) is 0 Å². The second-order valence-electron chi connectivity index (χ2n) is 4.82. The third kappa shape index (κ3) is 4.40. The Balaban J connectivity index is 2.09. The van der Waals surface area contributed by atoms with Crippen molar-refractivity contribution in [1.82, 2.24) is 5.32 Å². The Kier molecular flexibility index (Phi) is 5.42. The normalized spacial score (nSPS) is 17.1. The Morgan fingerprint density at radius 1 is 1.10 bits per heavy atom.